The van der Waals surface area contributed by atoms with Gasteiger partial charge in [-0.25, -0.2) is 4.79 Å². The van der Waals surface area contributed by atoms with E-state index in [1.54, 1.807) is 24.2 Å². The maximum atomic E-state index is 11.9. The van der Waals surface area contributed by atoms with Gasteiger partial charge in [0.15, 0.2) is 0 Å². The van der Waals surface area contributed by atoms with Gasteiger partial charge < -0.3 is 20.1 Å². The molecule has 0 bridgehead atoms. The summed E-state index contributed by atoms with van der Waals surface area (Å²) in [4.78, 5) is 11.9. The number of nitrogens with one attached hydrogen (secondary N) is 2. The highest BCUT2D eigenvalue weighted by molar-refractivity contribution is 5.88. The van der Waals surface area contributed by atoms with Gasteiger partial charge in [-0.15, -0.1) is 0 Å². The lowest BCUT2D eigenvalue weighted by Crippen LogP contribution is -2.37. The first-order valence-corrected chi connectivity index (χ1v) is 7.55. The number of para-hydroxylation sites is 1. The lowest BCUT2D eigenvalue weighted by atomic mass is 10.1. The Morgan fingerprint density at radius 2 is 2.35 bits per heavy atom. The second-order valence-electron chi connectivity index (χ2n) is 5.37. The van der Waals surface area contributed by atoms with Crippen LogP contribution in [0, 0.1) is 0 Å². The summed E-state index contributed by atoms with van der Waals surface area (Å²) < 4.78 is 12.5. The standard InChI is InChI=1S/C16H20N4O3/c1-22-7-6-20-11-13(9-18-20)19-16(21)17-10-14-8-12-4-2-3-5-15(12)23-14/h2-5,9,11,14H,6-8,10H2,1H3,(H2,17,19,21)/t14-/m1/s1. The van der Waals surface area contributed by atoms with Crippen molar-refractivity contribution >= 4 is 11.7 Å². The number of hydrogen-bond donors (Lipinski definition) is 2. The third-order valence-electron chi connectivity index (χ3n) is 3.62. The van der Waals surface area contributed by atoms with Crippen molar-refractivity contribution in [1.29, 1.82) is 0 Å². The molecule has 0 unspecified atom stereocenters. The van der Waals surface area contributed by atoms with Crippen molar-refractivity contribution < 1.29 is 14.3 Å². The molecule has 122 valence electrons. The molecule has 3 rings (SSSR count). The van der Waals surface area contributed by atoms with Crippen LogP contribution < -0.4 is 15.4 Å². The summed E-state index contributed by atoms with van der Waals surface area (Å²) in [7, 11) is 1.64. The molecule has 1 aliphatic heterocycles. The molecule has 1 aliphatic rings. The molecule has 2 N–H and O–H groups in total. The Morgan fingerprint density at radius 3 is 3.17 bits per heavy atom. The van der Waals surface area contributed by atoms with Crippen LogP contribution in [0.25, 0.3) is 0 Å². The van der Waals surface area contributed by atoms with Gasteiger partial charge in [-0.1, -0.05) is 18.2 Å². The summed E-state index contributed by atoms with van der Waals surface area (Å²) in [6.07, 6.45) is 4.16. The Morgan fingerprint density at radius 1 is 1.48 bits per heavy atom. The predicted octanol–water partition coefficient (Wildman–Crippen LogP) is 1.65. The van der Waals surface area contributed by atoms with E-state index in [1.807, 2.05) is 24.3 Å². The highest BCUT2D eigenvalue weighted by Crippen LogP contribution is 2.27. The number of carbonyl (C=O) groups is 1. The Hall–Kier alpha value is -2.54. The molecule has 1 aromatic heterocycles. The van der Waals surface area contributed by atoms with Crippen molar-refractivity contribution in [2.45, 2.75) is 19.1 Å². The van der Waals surface area contributed by atoms with Crippen molar-refractivity contribution in [3.8, 4) is 5.75 Å². The molecule has 7 heteroatoms. The molecule has 0 aliphatic carbocycles. The molecule has 2 aromatic rings. The lowest BCUT2D eigenvalue weighted by molar-refractivity contribution is 0.183. The van der Waals surface area contributed by atoms with Crippen molar-refractivity contribution in [3.63, 3.8) is 0 Å². The number of ether oxygens (including phenoxy) is 2. The number of benzene rings is 1. The molecule has 0 radical (unpaired) electrons. The third kappa shape index (κ3) is 4.01. The zero-order valence-electron chi connectivity index (χ0n) is 13.0. The molecule has 23 heavy (non-hydrogen) atoms. The van der Waals surface area contributed by atoms with Gasteiger partial charge >= 0.3 is 6.03 Å². The first-order valence-electron chi connectivity index (χ1n) is 7.55. The van der Waals surface area contributed by atoms with E-state index in [0.717, 1.165) is 12.2 Å². The first-order chi connectivity index (χ1) is 11.2. The van der Waals surface area contributed by atoms with Crippen molar-refractivity contribution in [3.05, 3.63) is 42.2 Å². The summed E-state index contributed by atoms with van der Waals surface area (Å²) in [5.41, 5.74) is 1.83. The van der Waals surface area contributed by atoms with E-state index in [9.17, 15) is 4.79 Å². The summed E-state index contributed by atoms with van der Waals surface area (Å²) in [5, 5.41) is 9.72. The van der Waals surface area contributed by atoms with Gasteiger partial charge in [0.1, 0.15) is 11.9 Å². The number of aromatic nitrogens is 2. The van der Waals surface area contributed by atoms with Gasteiger partial charge in [0.2, 0.25) is 0 Å². The Balaban J connectivity index is 1.43. The summed E-state index contributed by atoms with van der Waals surface area (Å²) in [6.45, 7) is 1.68. The minimum Gasteiger partial charge on any atom is -0.488 e. The number of fused-ring (bicyclic) bond motifs is 1. The number of nitrogens with zero attached hydrogens (tertiary/aromatic N) is 2. The van der Waals surface area contributed by atoms with Crippen LogP contribution >= 0.6 is 0 Å². The molecular formula is C16H20N4O3. The van der Waals surface area contributed by atoms with Crippen LogP contribution in [-0.4, -0.2) is 42.2 Å². The fraction of sp³-hybridized carbons (Fsp3) is 0.375. The highest BCUT2D eigenvalue weighted by Gasteiger charge is 2.22. The molecule has 1 aromatic carbocycles. The summed E-state index contributed by atoms with van der Waals surface area (Å²) >= 11 is 0. The number of methoxy groups -OCH3 is 1. The Kier molecular flexibility index (Phi) is 4.77. The first kappa shape index (κ1) is 15.4. The van der Waals surface area contributed by atoms with Gasteiger partial charge in [0, 0.05) is 19.7 Å². The van der Waals surface area contributed by atoms with E-state index in [1.165, 1.54) is 5.56 Å². The number of hydrogen-bond acceptors (Lipinski definition) is 4. The maximum Gasteiger partial charge on any atom is 0.319 e. The van der Waals surface area contributed by atoms with Crippen LogP contribution in [0.2, 0.25) is 0 Å². The van der Waals surface area contributed by atoms with Crippen LogP contribution in [0.3, 0.4) is 0 Å². The molecule has 0 spiro atoms. The van der Waals surface area contributed by atoms with E-state index in [2.05, 4.69) is 15.7 Å². The molecule has 2 heterocycles. The average molecular weight is 316 g/mol. The van der Waals surface area contributed by atoms with Gasteiger partial charge in [-0.3, -0.25) is 4.68 Å². The molecule has 0 fully saturated rings. The van der Waals surface area contributed by atoms with Gasteiger partial charge in [-0.2, -0.15) is 5.10 Å². The molecule has 0 saturated carbocycles. The van der Waals surface area contributed by atoms with Gasteiger partial charge in [-0.05, 0) is 11.6 Å². The Bertz CT molecular complexity index is 646. The minimum atomic E-state index is -0.268. The van der Waals surface area contributed by atoms with E-state index >= 15 is 0 Å². The second kappa shape index (κ2) is 7.15. The minimum absolute atomic E-state index is 0.0254. The SMILES string of the molecule is COCCn1cc(NC(=O)NC[C@H]2Cc3ccccc3O2)cn1. The maximum absolute atomic E-state index is 11.9. The Labute approximate surface area is 134 Å². The largest absolute Gasteiger partial charge is 0.488 e. The van der Waals surface area contributed by atoms with Gasteiger partial charge in [0.25, 0.3) is 0 Å². The number of rotatable bonds is 6. The second-order valence-corrected chi connectivity index (χ2v) is 5.37. The monoisotopic (exact) mass is 316 g/mol. The fourth-order valence-electron chi connectivity index (χ4n) is 2.48. The molecular weight excluding hydrogens is 296 g/mol. The number of urea groups is 1. The topological polar surface area (TPSA) is 77.4 Å². The normalized spacial score (nSPS) is 15.8. The smallest absolute Gasteiger partial charge is 0.319 e. The summed E-state index contributed by atoms with van der Waals surface area (Å²) in [5.74, 6) is 0.902. The lowest BCUT2D eigenvalue weighted by Gasteiger charge is -2.12. The molecule has 7 nitrogen and oxygen atoms in total. The molecule has 2 amide bonds. The van der Waals surface area contributed by atoms with Crippen molar-refractivity contribution in [1.82, 2.24) is 15.1 Å². The number of anilines is 1. The number of amides is 2. The van der Waals surface area contributed by atoms with E-state index in [-0.39, 0.29) is 12.1 Å². The third-order valence-corrected chi connectivity index (χ3v) is 3.62. The number of carbonyl (C=O) groups excluding carboxylic acids is 1. The molecule has 0 saturated heterocycles. The zero-order valence-corrected chi connectivity index (χ0v) is 13.0. The summed E-state index contributed by atoms with van der Waals surface area (Å²) in [6, 6.07) is 7.66. The van der Waals surface area contributed by atoms with Crippen LogP contribution in [0.1, 0.15) is 5.56 Å². The van der Waals surface area contributed by atoms with E-state index in [0.29, 0.717) is 25.4 Å². The van der Waals surface area contributed by atoms with Crippen LogP contribution in [0.5, 0.6) is 5.75 Å². The predicted molar refractivity (Wildman–Crippen MR) is 85.7 cm³/mol. The molecule has 1 atom stereocenters. The zero-order chi connectivity index (χ0) is 16.1. The quantitative estimate of drug-likeness (QED) is 0.849. The van der Waals surface area contributed by atoms with Crippen molar-refractivity contribution in [2.75, 3.05) is 25.6 Å². The van der Waals surface area contributed by atoms with Gasteiger partial charge in [0.05, 0.1) is 31.6 Å². The van der Waals surface area contributed by atoms with Crippen LogP contribution in [0.15, 0.2) is 36.7 Å². The highest BCUT2D eigenvalue weighted by atomic mass is 16.5. The van der Waals surface area contributed by atoms with E-state index < -0.39 is 0 Å². The van der Waals surface area contributed by atoms with Crippen molar-refractivity contribution in [2.24, 2.45) is 0 Å². The van der Waals surface area contributed by atoms with Crippen LogP contribution in [0.4, 0.5) is 10.5 Å². The van der Waals surface area contributed by atoms with Crippen LogP contribution in [-0.2, 0) is 17.7 Å². The average Bonchev–Trinajstić information content (AvgIpc) is 3.17. The fourth-order valence-corrected chi connectivity index (χ4v) is 2.48. The van der Waals surface area contributed by atoms with E-state index in [4.69, 9.17) is 9.47 Å².